The zero-order valence-electron chi connectivity index (χ0n) is 10.2. The second kappa shape index (κ2) is 5.12. The molecule has 0 unspecified atom stereocenters. The minimum Gasteiger partial charge on any atom is -0.465 e. The van der Waals surface area contributed by atoms with Crippen molar-refractivity contribution in [1.82, 2.24) is 10.3 Å². The lowest BCUT2D eigenvalue weighted by molar-refractivity contribution is 0.0516. The third kappa shape index (κ3) is 3.01. The van der Waals surface area contributed by atoms with Crippen LogP contribution in [0.3, 0.4) is 0 Å². The van der Waals surface area contributed by atoms with E-state index in [0.717, 1.165) is 11.3 Å². The van der Waals surface area contributed by atoms with Crippen LogP contribution < -0.4 is 5.32 Å². The Bertz CT molecular complexity index is 513. The van der Waals surface area contributed by atoms with E-state index in [0.29, 0.717) is 17.8 Å². The molecule has 1 aliphatic rings. The van der Waals surface area contributed by atoms with Crippen molar-refractivity contribution in [3.8, 4) is 0 Å². The number of carboxylic acid groups (broad SMARTS) is 1. The molecule has 6 nitrogen and oxygen atoms in total. The molecule has 0 atom stereocenters. The summed E-state index contributed by atoms with van der Waals surface area (Å²) in [5.74, 6) is -0.667. The number of thiazole rings is 1. The molecule has 1 amide bonds. The Hall–Kier alpha value is -1.70. The molecular weight excluding hydrogens is 275 g/mol. The summed E-state index contributed by atoms with van der Waals surface area (Å²) in [4.78, 5) is 26.3. The van der Waals surface area contributed by atoms with Crippen LogP contribution in [0.25, 0.3) is 0 Å². The summed E-state index contributed by atoms with van der Waals surface area (Å²) < 4.78 is 19.0. The molecule has 104 valence electrons. The Balaban J connectivity index is 2.24. The molecule has 1 aromatic heterocycles. The number of carbonyl (C=O) groups excluding carboxylic acids is 1. The Morgan fingerprint density at radius 1 is 1.58 bits per heavy atom. The molecule has 1 aliphatic carbocycles. The molecule has 0 aliphatic heterocycles. The highest BCUT2D eigenvalue weighted by atomic mass is 32.1. The third-order valence-electron chi connectivity index (χ3n) is 2.63. The summed E-state index contributed by atoms with van der Waals surface area (Å²) in [6, 6.07) is 0. The van der Waals surface area contributed by atoms with Gasteiger partial charge in [0.25, 0.3) is 0 Å². The summed E-state index contributed by atoms with van der Waals surface area (Å²) in [5.41, 5.74) is -1.53. The van der Waals surface area contributed by atoms with Crippen molar-refractivity contribution in [1.29, 1.82) is 0 Å². The molecule has 2 N–H and O–H groups in total. The van der Waals surface area contributed by atoms with E-state index in [1.165, 1.54) is 0 Å². The number of esters is 1. The summed E-state index contributed by atoms with van der Waals surface area (Å²) in [7, 11) is 0. The normalized spacial score (nSPS) is 15.9. The van der Waals surface area contributed by atoms with Crippen LogP contribution in [0.2, 0.25) is 0 Å². The fourth-order valence-corrected chi connectivity index (χ4v) is 2.70. The lowest BCUT2D eigenvalue weighted by Gasteiger charge is -2.04. The van der Waals surface area contributed by atoms with Gasteiger partial charge in [-0.3, -0.25) is 0 Å². The number of carbonyl (C=O) groups is 2. The molecule has 0 saturated heterocycles. The molecule has 1 saturated carbocycles. The average molecular weight is 288 g/mol. The van der Waals surface area contributed by atoms with Gasteiger partial charge in [0.15, 0.2) is 5.69 Å². The van der Waals surface area contributed by atoms with Crippen molar-refractivity contribution in [2.24, 2.45) is 0 Å². The maximum atomic E-state index is 14.1. The maximum Gasteiger partial charge on any atom is 0.405 e. The molecule has 0 aromatic carbocycles. The Morgan fingerprint density at radius 2 is 2.26 bits per heavy atom. The first kappa shape index (κ1) is 13.7. The molecule has 0 spiro atoms. The second-order valence-corrected chi connectivity index (χ2v) is 5.21. The number of ether oxygens (including phenoxy) is 1. The first-order valence-corrected chi connectivity index (χ1v) is 6.61. The van der Waals surface area contributed by atoms with Gasteiger partial charge in [-0.1, -0.05) is 0 Å². The second-order valence-electron chi connectivity index (χ2n) is 4.13. The Kier molecular flexibility index (Phi) is 3.70. The molecule has 0 bridgehead atoms. The monoisotopic (exact) mass is 288 g/mol. The van der Waals surface area contributed by atoms with E-state index in [9.17, 15) is 14.0 Å². The van der Waals surface area contributed by atoms with Crippen molar-refractivity contribution in [3.63, 3.8) is 0 Å². The molecule has 1 aromatic rings. The zero-order chi connectivity index (χ0) is 14.0. The number of aromatic nitrogens is 1. The average Bonchev–Trinajstić information content (AvgIpc) is 2.94. The predicted octanol–water partition coefficient (Wildman–Crippen LogP) is 2.05. The lowest BCUT2D eigenvalue weighted by atomic mass is 10.2. The Morgan fingerprint density at radius 3 is 2.79 bits per heavy atom. The van der Waals surface area contributed by atoms with Gasteiger partial charge in [0.05, 0.1) is 18.0 Å². The van der Waals surface area contributed by atoms with Crippen LogP contribution in [0.4, 0.5) is 9.18 Å². The first-order valence-electron chi connectivity index (χ1n) is 5.79. The quantitative estimate of drug-likeness (QED) is 0.809. The standard InChI is InChI=1S/C11H13FN2O4S/c1-2-18-9(15)7-8(11(12)3-4-11)19-6(14-7)5-13-10(16)17/h13H,2-5H2,1H3,(H,16,17). The van der Waals surface area contributed by atoms with Gasteiger partial charge in [0, 0.05) is 0 Å². The van der Waals surface area contributed by atoms with Crippen molar-refractivity contribution in [2.45, 2.75) is 32.0 Å². The SMILES string of the molecule is CCOC(=O)c1nc(CNC(=O)O)sc1C1(F)CC1. The smallest absolute Gasteiger partial charge is 0.405 e. The van der Waals surface area contributed by atoms with Crippen LogP contribution in [-0.2, 0) is 17.0 Å². The molecular formula is C11H13FN2O4S. The Labute approximate surface area is 112 Å². The summed E-state index contributed by atoms with van der Waals surface area (Å²) in [5, 5.41) is 11.0. The fourth-order valence-electron chi connectivity index (χ4n) is 1.57. The number of amides is 1. The van der Waals surface area contributed by atoms with Crippen LogP contribution in [-0.4, -0.2) is 28.8 Å². The van der Waals surface area contributed by atoms with E-state index in [-0.39, 0.29) is 23.7 Å². The predicted molar refractivity (Wildman–Crippen MR) is 65.0 cm³/mol. The molecule has 1 heterocycles. The van der Waals surface area contributed by atoms with E-state index in [1.807, 2.05) is 0 Å². The van der Waals surface area contributed by atoms with E-state index >= 15 is 0 Å². The van der Waals surface area contributed by atoms with E-state index in [1.54, 1.807) is 6.92 Å². The van der Waals surface area contributed by atoms with Crippen molar-refractivity contribution in [3.05, 3.63) is 15.6 Å². The minimum atomic E-state index is -1.50. The number of nitrogens with zero attached hydrogens (tertiary/aromatic N) is 1. The van der Waals surface area contributed by atoms with E-state index in [4.69, 9.17) is 9.84 Å². The van der Waals surface area contributed by atoms with Gasteiger partial charge in [-0.2, -0.15) is 0 Å². The first-order chi connectivity index (χ1) is 8.96. The zero-order valence-corrected chi connectivity index (χ0v) is 11.1. The molecule has 2 rings (SSSR count). The highest BCUT2D eigenvalue weighted by Gasteiger charge is 2.49. The fraction of sp³-hybridized carbons (Fsp3) is 0.545. The largest absolute Gasteiger partial charge is 0.465 e. The highest BCUT2D eigenvalue weighted by molar-refractivity contribution is 7.12. The number of nitrogens with one attached hydrogen (secondary N) is 1. The van der Waals surface area contributed by atoms with Crippen molar-refractivity contribution in [2.75, 3.05) is 6.61 Å². The summed E-state index contributed by atoms with van der Waals surface area (Å²) in [6.07, 6.45) is -0.489. The van der Waals surface area contributed by atoms with Gasteiger partial charge in [-0.05, 0) is 19.8 Å². The van der Waals surface area contributed by atoms with Crippen molar-refractivity contribution < 1.29 is 23.8 Å². The van der Waals surface area contributed by atoms with Gasteiger partial charge in [0.1, 0.15) is 10.7 Å². The minimum absolute atomic E-state index is 0.0333. The van der Waals surface area contributed by atoms with Crippen molar-refractivity contribution >= 4 is 23.4 Å². The van der Waals surface area contributed by atoms with Gasteiger partial charge in [-0.15, -0.1) is 11.3 Å². The van der Waals surface area contributed by atoms with Gasteiger partial charge in [0.2, 0.25) is 0 Å². The molecule has 19 heavy (non-hydrogen) atoms. The van der Waals surface area contributed by atoms with Gasteiger partial charge < -0.3 is 15.2 Å². The van der Waals surface area contributed by atoms with E-state index in [2.05, 4.69) is 10.3 Å². The molecule has 0 radical (unpaired) electrons. The topological polar surface area (TPSA) is 88.5 Å². The molecule has 8 heteroatoms. The van der Waals surface area contributed by atoms with Crippen LogP contribution in [0.15, 0.2) is 0 Å². The number of rotatable bonds is 5. The van der Waals surface area contributed by atoms with Gasteiger partial charge in [-0.25, -0.2) is 19.0 Å². The van der Waals surface area contributed by atoms with E-state index < -0.39 is 17.7 Å². The summed E-state index contributed by atoms with van der Waals surface area (Å²) >= 11 is 1.01. The number of alkyl halides is 1. The maximum absolute atomic E-state index is 14.1. The van der Waals surface area contributed by atoms with Crippen LogP contribution in [0.1, 0.15) is 40.1 Å². The highest BCUT2D eigenvalue weighted by Crippen LogP contribution is 2.52. The molecule has 1 fully saturated rings. The third-order valence-corrected chi connectivity index (χ3v) is 3.86. The van der Waals surface area contributed by atoms with Crippen LogP contribution in [0, 0.1) is 0 Å². The lowest BCUT2D eigenvalue weighted by Crippen LogP contribution is -2.19. The van der Waals surface area contributed by atoms with Gasteiger partial charge >= 0.3 is 12.1 Å². The number of halogens is 1. The van der Waals surface area contributed by atoms with Crippen LogP contribution in [0.5, 0.6) is 0 Å². The van der Waals surface area contributed by atoms with Crippen LogP contribution >= 0.6 is 11.3 Å². The number of hydrogen-bond acceptors (Lipinski definition) is 5. The number of hydrogen-bond donors (Lipinski definition) is 2. The summed E-state index contributed by atoms with van der Waals surface area (Å²) in [6.45, 7) is 1.78.